The van der Waals surface area contributed by atoms with E-state index in [4.69, 9.17) is 0 Å². The highest BCUT2D eigenvalue weighted by molar-refractivity contribution is 9.10. The van der Waals surface area contributed by atoms with Gasteiger partial charge in [0.15, 0.2) is 0 Å². The van der Waals surface area contributed by atoms with Crippen LogP contribution in [0.2, 0.25) is 0 Å². The number of benzene rings is 2. The Morgan fingerprint density at radius 3 is 2.76 bits per heavy atom. The fourth-order valence-corrected chi connectivity index (χ4v) is 2.72. The third-order valence-corrected chi connectivity index (χ3v) is 4.20. The van der Waals surface area contributed by atoms with Gasteiger partial charge in [-0.2, -0.15) is 0 Å². The van der Waals surface area contributed by atoms with E-state index < -0.39 is 0 Å². The van der Waals surface area contributed by atoms with Gasteiger partial charge in [-0.3, -0.25) is 4.79 Å². The molecule has 5 heteroatoms. The van der Waals surface area contributed by atoms with Gasteiger partial charge in [0.25, 0.3) is 5.91 Å². The van der Waals surface area contributed by atoms with Gasteiger partial charge in [-0.05, 0) is 46.3 Å². The third-order valence-electron chi connectivity index (χ3n) is 3.51. The molecule has 0 saturated heterocycles. The van der Waals surface area contributed by atoms with Crippen molar-refractivity contribution in [3.63, 3.8) is 0 Å². The molecule has 0 aliphatic heterocycles. The lowest BCUT2D eigenvalue weighted by atomic mass is 10.2. The molecule has 0 aliphatic carbocycles. The Hall–Kier alpha value is -2.14. The van der Waals surface area contributed by atoms with Crippen molar-refractivity contribution >= 4 is 38.6 Å². The van der Waals surface area contributed by atoms with Crippen LogP contribution in [-0.4, -0.2) is 22.5 Å². The monoisotopic (exact) mass is 343 g/mol. The molecule has 4 nitrogen and oxygen atoms in total. The molecule has 1 amide bonds. The molecular formula is C16H14BrN3O. The zero-order valence-electron chi connectivity index (χ0n) is 11.7. The van der Waals surface area contributed by atoms with Gasteiger partial charge in [-0.1, -0.05) is 12.1 Å². The fraction of sp³-hybridized carbons (Fsp3) is 0.125. The van der Waals surface area contributed by atoms with Crippen molar-refractivity contribution in [3.8, 4) is 0 Å². The van der Waals surface area contributed by atoms with Gasteiger partial charge in [0.05, 0.1) is 22.9 Å². The molecule has 0 saturated carbocycles. The molecule has 0 N–H and O–H groups in total. The predicted molar refractivity (Wildman–Crippen MR) is 87.6 cm³/mol. The molecule has 1 heterocycles. The number of halogens is 1. The van der Waals surface area contributed by atoms with Crippen molar-refractivity contribution < 1.29 is 4.79 Å². The first-order chi connectivity index (χ1) is 10.1. The predicted octanol–water partition coefficient (Wildman–Crippen LogP) is 3.61. The summed E-state index contributed by atoms with van der Waals surface area (Å²) in [5.41, 5.74) is 3.38. The number of aromatic nitrogens is 2. The normalized spacial score (nSPS) is 10.8. The molecule has 0 fully saturated rings. The van der Waals surface area contributed by atoms with Crippen molar-refractivity contribution in [1.82, 2.24) is 9.55 Å². The zero-order chi connectivity index (χ0) is 15.0. The highest BCUT2D eigenvalue weighted by Crippen LogP contribution is 2.24. The molecule has 1 aromatic heterocycles. The van der Waals surface area contributed by atoms with E-state index >= 15 is 0 Å². The number of hydrogen-bond donors (Lipinski definition) is 0. The Morgan fingerprint density at radius 2 is 2.00 bits per heavy atom. The number of rotatable bonds is 2. The molecule has 106 valence electrons. The van der Waals surface area contributed by atoms with Crippen LogP contribution >= 0.6 is 15.9 Å². The van der Waals surface area contributed by atoms with Crippen molar-refractivity contribution in [2.24, 2.45) is 7.05 Å². The standard InChI is InChI=1S/C16H14BrN3O/c1-19-10-18-14-9-11(7-8-15(14)19)20(2)16(21)12-5-3-4-6-13(12)17/h3-10H,1-2H3. The number of aryl methyl sites for hydroxylation is 1. The maximum absolute atomic E-state index is 12.6. The molecule has 0 radical (unpaired) electrons. The summed E-state index contributed by atoms with van der Waals surface area (Å²) in [6, 6.07) is 13.2. The van der Waals surface area contributed by atoms with E-state index in [0.717, 1.165) is 21.2 Å². The van der Waals surface area contributed by atoms with E-state index in [2.05, 4.69) is 20.9 Å². The molecule has 3 rings (SSSR count). The van der Waals surface area contributed by atoms with Crippen molar-refractivity contribution in [2.45, 2.75) is 0 Å². The highest BCUT2D eigenvalue weighted by Gasteiger charge is 2.16. The summed E-state index contributed by atoms with van der Waals surface area (Å²) in [5.74, 6) is -0.0576. The van der Waals surface area contributed by atoms with Crippen LogP contribution in [0.3, 0.4) is 0 Å². The Bertz CT molecular complexity index is 825. The van der Waals surface area contributed by atoms with Gasteiger partial charge in [-0.15, -0.1) is 0 Å². The van der Waals surface area contributed by atoms with Crippen LogP contribution in [0.15, 0.2) is 53.3 Å². The molecule has 0 atom stereocenters. The highest BCUT2D eigenvalue weighted by atomic mass is 79.9. The third kappa shape index (κ3) is 2.45. The molecule has 0 spiro atoms. The summed E-state index contributed by atoms with van der Waals surface area (Å²) in [4.78, 5) is 18.5. The number of imidazole rings is 1. The van der Waals surface area contributed by atoms with Crippen molar-refractivity contribution in [3.05, 3.63) is 58.8 Å². The van der Waals surface area contributed by atoms with Crippen LogP contribution in [-0.2, 0) is 7.05 Å². The van der Waals surface area contributed by atoms with E-state index in [0.29, 0.717) is 5.56 Å². The Morgan fingerprint density at radius 1 is 1.24 bits per heavy atom. The molecule has 2 aromatic carbocycles. The maximum atomic E-state index is 12.6. The van der Waals surface area contributed by atoms with Crippen LogP contribution in [0.4, 0.5) is 5.69 Å². The number of anilines is 1. The van der Waals surface area contributed by atoms with E-state index in [9.17, 15) is 4.79 Å². The average Bonchev–Trinajstić information content (AvgIpc) is 2.87. The number of hydrogen-bond acceptors (Lipinski definition) is 2. The molecule has 0 unspecified atom stereocenters. The van der Waals surface area contributed by atoms with Gasteiger partial charge in [-0.25, -0.2) is 4.98 Å². The summed E-state index contributed by atoms with van der Waals surface area (Å²) in [6.45, 7) is 0. The summed E-state index contributed by atoms with van der Waals surface area (Å²) in [6.07, 6.45) is 1.77. The van der Waals surface area contributed by atoms with Gasteiger partial charge < -0.3 is 9.47 Å². The fourth-order valence-electron chi connectivity index (χ4n) is 2.27. The first-order valence-electron chi connectivity index (χ1n) is 6.51. The van der Waals surface area contributed by atoms with E-state index in [1.165, 1.54) is 0 Å². The van der Waals surface area contributed by atoms with Gasteiger partial charge >= 0.3 is 0 Å². The number of nitrogens with zero attached hydrogens (tertiary/aromatic N) is 3. The molecule has 3 aromatic rings. The first kappa shape index (κ1) is 13.8. The lowest BCUT2D eigenvalue weighted by Gasteiger charge is -2.18. The lowest BCUT2D eigenvalue weighted by Crippen LogP contribution is -2.26. The Balaban J connectivity index is 1.98. The van der Waals surface area contributed by atoms with E-state index in [1.807, 2.05) is 54.1 Å². The second-order valence-corrected chi connectivity index (χ2v) is 5.73. The smallest absolute Gasteiger partial charge is 0.259 e. The summed E-state index contributed by atoms with van der Waals surface area (Å²) in [7, 11) is 3.72. The minimum Gasteiger partial charge on any atom is -0.334 e. The van der Waals surface area contributed by atoms with Crippen LogP contribution in [0.25, 0.3) is 11.0 Å². The second kappa shape index (κ2) is 5.33. The first-order valence-corrected chi connectivity index (χ1v) is 7.31. The second-order valence-electron chi connectivity index (χ2n) is 4.87. The van der Waals surface area contributed by atoms with E-state index in [1.54, 1.807) is 18.3 Å². The Labute approximate surface area is 131 Å². The summed E-state index contributed by atoms with van der Waals surface area (Å²) < 4.78 is 2.75. The van der Waals surface area contributed by atoms with E-state index in [-0.39, 0.29) is 5.91 Å². The van der Waals surface area contributed by atoms with Crippen LogP contribution in [0.5, 0.6) is 0 Å². The lowest BCUT2D eigenvalue weighted by molar-refractivity contribution is 0.0992. The van der Waals surface area contributed by atoms with Gasteiger partial charge in [0.1, 0.15) is 0 Å². The number of fused-ring (bicyclic) bond motifs is 1. The quantitative estimate of drug-likeness (QED) is 0.712. The van der Waals surface area contributed by atoms with Crippen LogP contribution in [0.1, 0.15) is 10.4 Å². The maximum Gasteiger partial charge on any atom is 0.259 e. The van der Waals surface area contributed by atoms with Gasteiger partial charge in [0.2, 0.25) is 0 Å². The van der Waals surface area contributed by atoms with Crippen LogP contribution < -0.4 is 4.90 Å². The number of carbonyl (C=O) groups excluding carboxylic acids is 1. The number of amides is 1. The molecular weight excluding hydrogens is 330 g/mol. The molecule has 0 aliphatic rings. The minimum absolute atomic E-state index is 0.0576. The van der Waals surface area contributed by atoms with Gasteiger partial charge in [0, 0.05) is 24.3 Å². The Kier molecular flexibility index (Phi) is 3.51. The number of carbonyl (C=O) groups is 1. The summed E-state index contributed by atoms with van der Waals surface area (Å²) >= 11 is 3.42. The minimum atomic E-state index is -0.0576. The summed E-state index contributed by atoms with van der Waals surface area (Å²) in [5, 5.41) is 0. The topological polar surface area (TPSA) is 38.1 Å². The molecule has 0 bridgehead atoms. The van der Waals surface area contributed by atoms with Crippen molar-refractivity contribution in [1.29, 1.82) is 0 Å². The largest absolute Gasteiger partial charge is 0.334 e. The van der Waals surface area contributed by atoms with Crippen molar-refractivity contribution in [2.75, 3.05) is 11.9 Å². The SMILES string of the molecule is CN(C(=O)c1ccccc1Br)c1ccc2c(c1)ncn2C. The van der Waals surface area contributed by atoms with Crippen LogP contribution in [0, 0.1) is 0 Å². The molecule has 21 heavy (non-hydrogen) atoms. The zero-order valence-corrected chi connectivity index (χ0v) is 13.3. The average molecular weight is 344 g/mol.